The number of aliphatic carboxylic acids is 1. The molecular weight excluding hydrogens is 1030 g/mol. The van der Waals surface area contributed by atoms with Gasteiger partial charge in [0.25, 0.3) is 46.0 Å². The van der Waals surface area contributed by atoms with Gasteiger partial charge in [-0.15, -0.1) is 0 Å². The number of rotatable bonds is 19. The number of anilines is 3. The molecular formula is C45H40N4O19S4. The van der Waals surface area contributed by atoms with Crippen LogP contribution in [-0.2, 0) is 57.1 Å². The van der Waals surface area contributed by atoms with Crippen LogP contribution in [-0.4, -0.2) is 98.1 Å². The molecule has 5 aromatic carbocycles. The molecule has 1 heterocycles. The Labute approximate surface area is 409 Å². The molecule has 0 aliphatic heterocycles. The number of hydrogen-bond donors (Lipinski definition) is 8. The minimum absolute atomic E-state index is 0.0564. The SMILES string of the molecule is Cc1ccc(Oc2cc(Nc3cc(NC(=O)CNCCCCCC(=O)O)c(S(=O)(=O)O)cc3S(=O)(=O)O)c3c4c(c(C(=O)c5cccc(S(=O)(=O)O)c5)c(=O)n(C)c24)-c2ccccc2C3=O)c(S(=O)(=O)O)c1. The number of ether oxygens (including phenoxy) is 1. The highest BCUT2D eigenvalue weighted by Crippen LogP contribution is 2.49. The van der Waals surface area contributed by atoms with Crippen LogP contribution >= 0.6 is 0 Å². The fourth-order valence-electron chi connectivity index (χ4n) is 8.04. The number of hydrogen-bond acceptors (Lipinski definition) is 16. The van der Waals surface area contributed by atoms with Crippen LogP contribution in [0.5, 0.6) is 11.5 Å². The van der Waals surface area contributed by atoms with E-state index < -0.39 is 141 Å². The maximum absolute atomic E-state index is 15.0. The van der Waals surface area contributed by atoms with Gasteiger partial charge < -0.3 is 30.4 Å². The third-order valence-electron chi connectivity index (χ3n) is 11.2. The molecule has 0 saturated carbocycles. The van der Waals surface area contributed by atoms with Crippen LogP contribution in [0.1, 0.15) is 63.1 Å². The van der Waals surface area contributed by atoms with E-state index in [9.17, 15) is 75.9 Å². The van der Waals surface area contributed by atoms with E-state index >= 15 is 0 Å². The molecule has 378 valence electrons. The van der Waals surface area contributed by atoms with Crippen molar-refractivity contribution in [3.63, 3.8) is 0 Å². The number of carbonyl (C=O) groups is 4. The second-order valence-corrected chi connectivity index (χ2v) is 21.8. The summed E-state index contributed by atoms with van der Waals surface area (Å²) in [4.78, 5) is 64.4. The summed E-state index contributed by atoms with van der Waals surface area (Å²) in [5, 5.41) is 16.2. The van der Waals surface area contributed by atoms with E-state index in [4.69, 9.17) is 9.84 Å². The molecule has 6 aromatic rings. The number of unbranched alkanes of at least 4 members (excludes halogenated alkanes) is 2. The molecule has 1 aliphatic carbocycles. The number of fused-ring (bicyclic) bond motifs is 2. The van der Waals surface area contributed by atoms with E-state index in [1.165, 1.54) is 37.3 Å². The van der Waals surface area contributed by atoms with Gasteiger partial charge in [0.2, 0.25) is 5.91 Å². The van der Waals surface area contributed by atoms with Crippen LogP contribution < -0.4 is 26.2 Å². The smallest absolute Gasteiger partial charge is 0.303 e. The number of carboxylic acids is 1. The van der Waals surface area contributed by atoms with Crippen LogP contribution in [0.4, 0.5) is 17.1 Å². The van der Waals surface area contributed by atoms with Gasteiger partial charge in [-0.25, -0.2) is 0 Å². The summed E-state index contributed by atoms with van der Waals surface area (Å²) in [5.74, 6) is -5.06. The molecule has 0 fully saturated rings. The summed E-state index contributed by atoms with van der Waals surface area (Å²) >= 11 is 0. The largest absolute Gasteiger partial charge is 0.481 e. The third kappa shape index (κ3) is 10.8. The van der Waals surface area contributed by atoms with E-state index in [2.05, 4.69) is 16.0 Å². The first kappa shape index (κ1) is 52.6. The average molecular weight is 1070 g/mol. The van der Waals surface area contributed by atoms with Gasteiger partial charge in [-0.2, -0.15) is 33.7 Å². The number of benzene rings is 5. The molecule has 8 N–H and O–H groups in total. The molecule has 0 spiro atoms. The standard InChI is InChI=1S/C45H40N4O19S4/c1-23-14-15-31(35(17-23)72(65,66)67)68-32-20-30(47-28-19-29(34(71(62,63)64)21-33(28)70(59,60)61)48-36(50)22-46-16-7-3-4-13-37(51)52)39-40-38(26-11-5-6-12-27(26)44(39)54)41(45(55)49(2)42(32)40)43(53)24-9-8-10-25(18-24)69(56,57)58/h5-6,8-12,14-15,17-21,46-47H,3-4,7,13,16,22H2,1-2H3,(H,48,50)(H,51,52)(H,56,57,58)(H,59,60,61)(H,62,63,64)(H,65,66,67). The van der Waals surface area contributed by atoms with Crippen LogP contribution in [0.25, 0.3) is 22.0 Å². The maximum atomic E-state index is 15.0. The number of aromatic nitrogens is 1. The molecule has 0 bridgehead atoms. The zero-order valence-corrected chi connectivity index (χ0v) is 40.6. The molecule has 7 rings (SSSR count). The van der Waals surface area contributed by atoms with E-state index in [0.717, 1.165) is 54.1 Å². The first-order valence-electron chi connectivity index (χ1n) is 21.0. The van der Waals surface area contributed by atoms with Crippen molar-refractivity contribution in [2.45, 2.75) is 52.2 Å². The summed E-state index contributed by atoms with van der Waals surface area (Å²) in [6.45, 7) is 1.19. The van der Waals surface area contributed by atoms with Gasteiger partial charge in [0.15, 0.2) is 17.3 Å². The van der Waals surface area contributed by atoms with Gasteiger partial charge >= 0.3 is 5.97 Å². The van der Waals surface area contributed by atoms with Crippen molar-refractivity contribution >= 4 is 91.9 Å². The zero-order valence-electron chi connectivity index (χ0n) is 37.4. The minimum atomic E-state index is -5.55. The highest BCUT2D eigenvalue weighted by Gasteiger charge is 2.37. The molecule has 1 aromatic heterocycles. The van der Waals surface area contributed by atoms with Crippen LogP contribution in [0, 0.1) is 6.92 Å². The van der Waals surface area contributed by atoms with Crippen molar-refractivity contribution in [2.24, 2.45) is 7.05 Å². The number of nitrogens with zero attached hydrogens (tertiary/aromatic N) is 1. The fourth-order valence-corrected chi connectivity index (χ4v) is 10.7. The van der Waals surface area contributed by atoms with Gasteiger partial charge in [0, 0.05) is 41.6 Å². The Balaban J connectivity index is 1.52. The molecule has 0 atom stereocenters. The molecule has 0 saturated heterocycles. The van der Waals surface area contributed by atoms with Crippen molar-refractivity contribution in [3.8, 4) is 22.6 Å². The third-order valence-corrected chi connectivity index (χ3v) is 14.7. The predicted octanol–water partition coefficient (Wildman–Crippen LogP) is 4.99. The van der Waals surface area contributed by atoms with Gasteiger partial charge in [-0.05, 0) is 73.8 Å². The number of carbonyl (C=O) groups excluding carboxylic acids is 3. The number of carboxylic acid groups (broad SMARTS) is 1. The second kappa shape index (κ2) is 19.8. The number of ketones is 2. The Hall–Kier alpha value is -7.21. The summed E-state index contributed by atoms with van der Waals surface area (Å²) in [6, 6.07) is 15.0. The first-order chi connectivity index (χ1) is 33.6. The Morgan fingerprint density at radius 1 is 0.653 bits per heavy atom. The number of aryl methyl sites for hydroxylation is 2. The van der Waals surface area contributed by atoms with E-state index in [0.29, 0.717) is 30.9 Å². The second-order valence-electron chi connectivity index (χ2n) is 16.2. The summed E-state index contributed by atoms with van der Waals surface area (Å²) in [5.41, 5.74) is -5.32. The van der Waals surface area contributed by atoms with E-state index in [1.807, 2.05) is 0 Å². The monoisotopic (exact) mass is 1070 g/mol. The molecule has 0 unspecified atom stereocenters. The number of pyridine rings is 1. The molecule has 23 nitrogen and oxygen atoms in total. The van der Waals surface area contributed by atoms with Crippen LogP contribution in [0.15, 0.2) is 109 Å². The Morgan fingerprint density at radius 2 is 1.31 bits per heavy atom. The maximum Gasteiger partial charge on any atom is 0.303 e. The lowest BCUT2D eigenvalue weighted by molar-refractivity contribution is -0.137. The van der Waals surface area contributed by atoms with Gasteiger partial charge in [-0.1, -0.05) is 48.9 Å². The zero-order chi connectivity index (χ0) is 52.8. The minimum Gasteiger partial charge on any atom is -0.481 e. The lowest BCUT2D eigenvalue weighted by atomic mass is 9.79. The van der Waals surface area contributed by atoms with Gasteiger partial charge in [-0.3, -0.25) is 42.2 Å². The quantitative estimate of drug-likeness (QED) is 0.0300. The van der Waals surface area contributed by atoms with Gasteiger partial charge in [0.05, 0.1) is 45.1 Å². The normalized spacial score (nSPS) is 12.6. The van der Waals surface area contributed by atoms with Crippen LogP contribution in [0.3, 0.4) is 0 Å². The fraction of sp³-hybridized carbons (Fsp3) is 0.178. The van der Waals surface area contributed by atoms with Crippen molar-refractivity contribution in [3.05, 3.63) is 123 Å². The highest BCUT2D eigenvalue weighted by molar-refractivity contribution is 7.87. The predicted molar refractivity (Wildman–Crippen MR) is 256 cm³/mol. The van der Waals surface area contributed by atoms with Crippen molar-refractivity contribution in [1.29, 1.82) is 0 Å². The number of nitrogens with one attached hydrogen (secondary N) is 3. The average Bonchev–Trinajstić information content (AvgIpc) is 3.28. The van der Waals surface area contributed by atoms with Gasteiger partial charge in [0.1, 0.15) is 20.4 Å². The first-order valence-corrected chi connectivity index (χ1v) is 26.7. The van der Waals surface area contributed by atoms with Crippen molar-refractivity contribution in [1.82, 2.24) is 9.88 Å². The summed E-state index contributed by atoms with van der Waals surface area (Å²) in [6.07, 6.45) is 1.19. The Bertz CT molecular complexity index is 3850. The summed E-state index contributed by atoms with van der Waals surface area (Å²) < 4.78 is 149. The highest BCUT2D eigenvalue weighted by atomic mass is 32.2. The van der Waals surface area contributed by atoms with Crippen molar-refractivity contribution in [2.75, 3.05) is 23.7 Å². The molecule has 0 radical (unpaired) electrons. The molecule has 72 heavy (non-hydrogen) atoms. The van der Waals surface area contributed by atoms with Crippen molar-refractivity contribution < 1.29 is 80.9 Å². The molecule has 27 heteroatoms. The lowest BCUT2D eigenvalue weighted by Gasteiger charge is -2.27. The summed E-state index contributed by atoms with van der Waals surface area (Å²) in [7, 11) is -19.8. The molecule has 1 aliphatic rings. The lowest BCUT2D eigenvalue weighted by Crippen LogP contribution is -2.29. The van der Waals surface area contributed by atoms with E-state index in [-0.39, 0.29) is 46.6 Å². The van der Waals surface area contributed by atoms with E-state index in [1.54, 1.807) is 0 Å². The van der Waals surface area contributed by atoms with Crippen LogP contribution in [0.2, 0.25) is 0 Å². The topological polar surface area (TPSA) is 373 Å². The molecule has 1 amide bonds. The Morgan fingerprint density at radius 3 is 1.94 bits per heavy atom. The Kier molecular flexibility index (Phi) is 14.4. The number of amides is 1.